The Morgan fingerprint density at radius 1 is 1.18 bits per heavy atom. The lowest BCUT2D eigenvalue weighted by atomic mass is 10.1. The Balaban J connectivity index is 1.85. The lowest BCUT2D eigenvalue weighted by Gasteiger charge is -2.06. The van der Waals surface area contributed by atoms with Crippen LogP contribution in [0, 0.1) is 0 Å². The summed E-state index contributed by atoms with van der Waals surface area (Å²) in [5.74, 6) is -0.925. The van der Waals surface area contributed by atoms with Crippen LogP contribution >= 0.6 is 0 Å². The van der Waals surface area contributed by atoms with Crippen LogP contribution in [0.4, 0.5) is 4.79 Å². The number of carbonyl (C=O) groups is 2. The molecule has 0 saturated heterocycles. The third-order valence-corrected chi connectivity index (χ3v) is 3.57. The van der Waals surface area contributed by atoms with Crippen molar-refractivity contribution in [2.75, 3.05) is 13.1 Å². The molecule has 2 rings (SSSR count). The van der Waals surface area contributed by atoms with Gasteiger partial charge in [-0.25, -0.2) is 4.79 Å². The molecule has 0 aliphatic heterocycles. The summed E-state index contributed by atoms with van der Waals surface area (Å²) in [5, 5.41) is 14.9. The summed E-state index contributed by atoms with van der Waals surface area (Å²) in [6.45, 7) is 2.76. The van der Waals surface area contributed by atoms with Crippen LogP contribution in [0.1, 0.15) is 24.5 Å². The zero-order valence-electron chi connectivity index (χ0n) is 12.6. The van der Waals surface area contributed by atoms with Gasteiger partial charge in [0.05, 0.1) is 6.42 Å². The molecular formula is C16H21N3O3. The first-order chi connectivity index (χ1) is 10.6. The maximum atomic E-state index is 11.5. The zero-order chi connectivity index (χ0) is 15.9. The highest BCUT2D eigenvalue weighted by molar-refractivity contribution is 5.86. The maximum Gasteiger partial charge on any atom is 0.314 e. The second-order valence-electron chi connectivity index (χ2n) is 5.08. The monoisotopic (exact) mass is 303 g/mol. The molecule has 0 spiro atoms. The van der Waals surface area contributed by atoms with E-state index >= 15 is 0 Å². The molecule has 2 amide bonds. The summed E-state index contributed by atoms with van der Waals surface area (Å²) >= 11 is 0. The van der Waals surface area contributed by atoms with Gasteiger partial charge in [-0.2, -0.15) is 0 Å². The number of H-pyrrole nitrogens is 1. The maximum absolute atomic E-state index is 11.5. The largest absolute Gasteiger partial charge is 0.481 e. The molecule has 1 heterocycles. The minimum absolute atomic E-state index is 0.0737. The Hall–Kier alpha value is -2.50. The molecular weight excluding hydrogens is 282 g/mol. The molecule has 22 heavy (non-hydrogen) atoms. The molecule has 0 saturated carbocycles. The van der Waals surface area contributed by atoms with Crippen molar-refractivity contribution in [2.45, 2.75) is 26.2 Å². The van der Waals surface area contributed by atoms with E-state index in [1.807, 2.05) is 12.3 Å². The Labute approximate surface area is 128 Å². The second kappa shape index (κ2) is 7.49. The van der Waals surface area contributed by atoms with Crippen LogP contribution in [0.2, 0.25) is 0 Å². The van der Waals surface area contributed by atoms with Gasteiger partial charge in [-0.1, -0.05) is 25.1 Å². The van der Waals surface area contributed by atoms with Crippen molar-refractivity contribution in [1.29, 1.82) is 0 Å². The molecule has 0 aliphatic carbocycles. The zero-order valence-corrected chi connectivity index (χ0v) is 12.6. The topological polar surface area (TPSA) is 94.2 Å². The van der Waals surface area contributed by atoms with Crippen molar-refractivity contribution in [3.8, 4) is 0 Å². The van der Waals surface area contributed by atoms with Gasteiger partial charge >= 0.3 is 12.0 Å². The number of aromatic nitrogens is 1. The van der Waals surface area contributed by atoms with Crippen molar-refractivity contribution in [2.24, 2.45) is 0 Å². The van der Waals surface area contributed by atoms with E-state index in [1.165, 1.54) is 10.9 Å². The number of carbonyl (C=O) groups excluding carboxylic acids is 1. The fourth-order valence-electron chi connectivity index (χ4n) is 2.43. The molecule has 0 radical (unpaired) electrons. The van der Waals surface area contributed by atoms with Gasteiger partial charge in [0.25, 0.3) is 0 Å². The van der Waals surface area contributed by atoms with Crippen LogP contribution in [0.3, 0.4) is 0 Å². The fraction of sp³-hybridized carbons (Fsp3) is 0.375. The number of amides is 2. The number of para-hydroxylation sites is 1. The first-order valence-corrected chi connectivity index (χ1v) is 7.43. The molecule has 1 aromatic carbocycles. The number of hydrogen-bond donors (Lipinski definition) is 4. The predicted molar refractivity (Wildman–Crippen MR) is 85.0 cm³/mol. The van der Waals surface area contributed by atoms with Crippen LogP contribution in [-0.4, -0.2) is 35.2 Å². The number of benzene rings is 1. The van der Waals surface area contributed by atoms with Gasteiger partial charge in [-0.15, -0.1) is 0 Å². The number of urea groups is 1. The summed E-state index contributed by atoms with van der Waals surface area (Å²) in [4.78, 5) is 25.1. The second-order valence-corrected chi connectivity index (χ2v) is 5.08. The third kappa shape index (κ3) is 4.00. The van der Waals surface area contributed by atoms with Gasteiger partial charge in [0.2, 0.25) is 0 Å². The number of aryl methyl sites for hydroxylation is 1. The highest BCUT2D eigenvalue weighted by Gasteiger charge is 2.07. The normalized spacial score (nSPS) is 10.6. The molecule has 6 nitrogen and oxygen atoms in total. The van der Waals surface area contributed by atoms with Gasteiger partial charge < -0.3 is 20.7 Å². The SMILES string of the molecule is CCc1cccc2c(CCNC(=O)NCCC(=O)O)c[nH]c12. The van der Waals surface area contributed by atoms with E-state index in [1.54, 1.807) is 0 Å². The van der Waals surface area contributed by atoms with Crippen LogP contribution < -0.4 is 10.6 Å². The summed E-state index contributed by atoms with van der Waals surface area (Å²) in [6, 6.07) is 5.89. The number of rotatable bonds is 7. The highest BCUT2D eigenvalue weighted by Crippen LogP contribution is 2.22. The number of aliphatic carboxylic acids is 1. The number of carboxylic acid groups (broad SMARTS) is 1. The molecule has 6 heteroatoms. The number of fused-ring (bicyclic) bond motifs is 1. The minimum atomic E-state index is -0.925. The third-order valence-electron chi connectivity index (χ3n) is 3.57. The van der Waals surface area contributed by atoms with E-state index in [2.05, 4.69) is 34.7 Å². The molecule has 0 bridgehead atoms. The molecule has 118 valence electrons. The van der Waals surface area contributed by atoms with E-state index < -0.39 is 5.97 Å². The predicted octanol–water partition coefficient (Wildman–Crippen LogP) is 2.05. The first kappa shape index (κ1) is 15.9. The first-order valence-electron chi connectivity index (χ1n) is 7.43. The van der Waals surface area contributed by atoms with Gasteiger partial charge in [-0.3, -0.25) is 4.79 Å². The van der Waals surface area contributed by atoms with Gasteiger partial charge in [0, 0.05) is 30.2 Å². The molecule has 0 aliphatic rings. The van der Waals surface area contributed by atoms with Crippen molar-refractivity contribution < 1.29 is 14.7 Å². The Kier molecular flexibility index (Phi) is 5.41. The van der Waals surface area contributed by atoms with E-state index in [0.29, 0.717) is 6.54 Å². The quantitative estimate of drug-likeness (QED) is 0.630. The molecule has 2 aromatic rings. The average Bonchev–Trinajstić information content (AvgIpc) is 2.90. The Morgan fingerprint density at radius 3 is 2.68 bits per heavy atom. The van der Waals surface area contributed by atoms with Gasteiger partial charge in [0.1, 0.15) is 0 Å². The van der Waals surface area contributed by atoms with Crippen LogP contribution in [0.25, 0.3) is 10.9 Å². The number of nitrogens with one attached hydrogen (secondary N) is 3. The number of hydrogen-bond acceptors (Lipinski definition) is 2. The average molecular weight is 303 g/mol. The molecule has 1 aromatic heterocycles. The summed E-state index contributed by atoms with van der Waals surface area (Å²) in [7, 11) is 0. The molecule has 4 N–H and O–H groups in total. The molecule has 0 atom stereocenters. The Morgan fingerprint density at radius 2 is 1.95 bits per heavy atom. The van der Waals surface area contributed by atoms with Crippen LogP contribution in [0.5, 0.6) is 0 Å². The van der Waals surface area contributed by atoms with E-state index in [-0.39, 0.29) is 19.0 Å². The van der Waals surface area contributed by atoms with E-state index in [9.17, 15) is 9.59 Å². The molecule has 0 unspecified atom stereocenters. The van der Waals surface area contributed by atoms with E-state index in [0.717, 1.165) is 23.9 Å². The fourth-order valence-corrected chi connectivity index (χ4v) is 2.43. The van der Waals surface area contributed by atoms with E-state index in [4.69, 9.17) is 5.11 Å². The van der Waals surface area contributed by atoms with Gasteiger partial charge in [-0.05, 0) is 24.0 Å². The number of carboxylic acids is 1. The summed E-state index contributed by atoms with van der Waals surface area (Å²) < 4.78 is 0. The number of aromatic amines is 1. The smallest absolute Gasteiger partial charge is 0.314 e. The van der Waals surface area contributed by atoms with Crippen molar-refractivity contribution >= 4 is 22.9 Å². The summed E-state index contributed by atoms with van der Waals surface area (Å²) in [6.07, 6.45) is 3.60. The molecule has 0 fully saturated rings. The van der Waals surface area contributed by atoms with Crippen molar-refractivity contribution in [3.63, 3.8) is 0 Å². The minimum Gasteiger partial charge on any atom is -0.481 e. The lowest BCUT2D eigenvalue weighted by Crippen LogP contribution is -2.37. The van der Waals surface area contributed by atoms with Crippen molar-refractivity contribution in [1.82, 2.24) is 15.6 Å². The Bertz CT molecular complexity index is 664. The lowest BCUT2D eigenvalue weighted by molar-refractivity contribution is -0.136. The summed E-state index contributed by atoms with van der Waals surface area (Å²) in [5.41, 5.74) is 3.60. The van der Waals surface area contributed by atoms with Gasteiger partial charge in [0.15, 0.2) is 0 Å². The standard InChI is InChI=1S/C16H21N3O3/c1-2-11-4-3-5-13-12(10-19-15(11)13)6-8-17-16(22)18-9-7-14(20)21/h3-5,10,19H,2,6-9H2,1H3,(H,20,21)(H2,17,18,22). The van der Waals surface area contributed by atoms with Crippen LogP contribution in [-0.2, 0) is 17.6 Å². The van der Waals surface area contributed by atoms with Crippen LogP contribution in [0.15, 0.2) is 24.4 Å². The highest BCUT2D eigenvalue weighted by atomic mass is 16.4. The van der Waals surface area contributed by atoms with Crippen molar-refractivity contribution in [3.05, 3.63) is 35.5 Å².